The molecule has 3 rings (SSSR count). The minimum Gasteiger partial charge on any atom is -0.797 e. The maximum atomic E-state index is 12.7. The van der Waals surface area contributed by atoms with Gasteiger partial charge in [0.25, 0.3) is 0 Å². The predicted molar refractivity (Wildman–Crippen MR) is 108 cm³/mol. The van der Waals surface area contributed by atoms with Crippen molar-refractivity contribution in [2.24, 2.45) is 0 Å². The van der Waals surface area contributed by atoms with Crippen molar-refractivity contribution in [2.45, 2.75) is 5.85 Å². The molecule has 0 aliphatic carbocycles. The summed E-state index contributed by atoms with van der Waals surface area (Å²) in [6, 6.07) is 28.6. The number of hydrogen-bond donors (Lipinski definition) is 1. The molecule has 0 aromatic heterocycles. The van der Waals surface area contributed by atoms with Crippen molar-refractivity contribution in [3.05, 3.63) is 96.6 Å². The SMILES string of the molecule is O=P([O-])(CCP(c1ccccc1)c1ccccc1)C(O)c1ccccc1. The smallest absolute Gasteiger partial charge is 0.119 e. The molecule has 0 spiro atoms. The van der Waals surface area contributed by atoms with Crippen LogP contribution in [0.1, 0.15) is 11.4 Å². The van der Waals surface area contributed by atoms with Gasteiger partial charge in [-0.1, -0.05) is 91.0 Å². The summed E-state index contributed by atoms with van der Waals surface area (Å²) in [5.41, 5.74) is 0.426. The molecule has 3 aromatic rings. The van der Waals surface area contributed by atoms with E-state index in [1.54, 1.807) is 30.3 Å². The second kappa shape index (κ2) is 8.75. The van der Waals surface area contributed by atoms with Crippen LogP contribution >= 0.6 is 15.3 Å². The summed E-state index contributed by atoms with van der Waals surface area (Å²) in [6.45, 7) is 0. The Morgan fingerprint density at radius 3 is 1.69 bits per heavy atom. The summed E-state index contributed by atoms with van der Waals surface area (Å²) in [5.74, 6) is -1.45. The third kappa shape index (κ3) is 4.69. The molecule has 5 heteroatoms. The molecule has 0 heterocycles. The van der Waals surface area contributed by atoms with Gasteiger partial charge in [-0.05, 0) is 36.4 Å². The Morgan fingerprint density at radius 1 is 0.808 bits per heavy atom. The van der Waals surface area contributed by atoms with Crippen LogP contribution in [0.25, 0.3) is 0 Å². The monoisotopic (exact) mass is 383 g/mol. The van der Waals surface area contributed by atoms with Crippen LogP contribution in [-0.4, -0.2) is 17.4 Å². The highest BCUT2D eigenvalue weighted by atomic mass is 31.2. The average Bonchev–Trinajstić information content (AvgIpc) is 2.70. The van der Waals surface area contributed by atoms with Gasteiger partial charge >= 0.3 is 0 Å². The van der Waals surface area contributed by atoms with Gasteiger partial charge in [-0.15, -0.1) is 0 Å². The van der Waals surface area contributed by atoms with Gasteiger partial charge in [0, 0.05) is 7.37 Å². The second-order valence-electron chi connectivity index (χ2n) is 6.06. The topological polar surface area (TPSA) is 60.4 Å². The molecule has 3 aromatic carbocycles. The Balaban J connectivity index is 1.80. The van der Waals surface area contributed by atoms with Crippen LogP contribution in [0.4, 0.5) is 0 Å². The summed E-state index contributed by atoms with van der Waals surface area (Å²) < 4.78 is 12.7. The van der Waals surface area contributed by atoms with Crippen LogP contribution < -0.4 is 15.5 Å². The standard InChI is InChI=1S/C21H22O3P2/c22-21(18-10-4-1-5-11-18)26(23,24)17-16-25(19-12-6-2-7-13-19)20-14-8-3-9-15-20/h1-15,21-22H,16-17H2,(H,23,24)/p-1. The minimum absolute atomic E-state index is 0.0292. The zero-order chi connectivity index (χ0) is 18.4. The molecule has 0 saturated heterocycles. The highest BCUT2D eigenvalue weighted by Crippen LogP contribution is 2.52. The van der Waals surface area contributed by atoms with Gasteiger partial charge in [-0.3, -0.25) is 0 Å². The van der Waals surface area contributed by atoms with E-state index in [1.165, 1.54) is 0 Å². The van der Waals surface area contributed by atoms with Crippen molar-refractivity contribution in [1.29, 1.82) is 0 Å². The van der Waals surface area contributed by atoms with E-state index >= 15 is 0 Å². The summed E-state index contributed by atoms with van der Waals surface area (Å²) in [7, 11) is -4.77. The normalized spacial score (nSPS) is 14.7. The molecule has 0 aliphatic rings. The molecule has 26 heavy (non-hydrogen) atoms. The highest BCUT2D eigenvalue weighted by Gasteiger charge is 2.24. The molecule has 1 N–H and O–H groups in total. The number of aliphatic hydroxyl groups excluding tert-OH is 1. The van der Waals surface area contributed by atoms with Crippen LogP contribution in [0.5, 0.6) is 0 Å². The minimum atomic E-state index is -3.98. The molecule has 3 nitrogen and oxygen atoms in total. The van der Waals surface area contributed by atoms with E-state index in [2.05, 4.69) is 0 Å². The molecular weight excluding hydrogens is 362 g/mol. The third-order valence-electron chi connectivity index (χ3n) is 4.24. The largest absolute Gasteiger partial charge is 0.797 e. The van der Waals surface area contributed by atoms with Crippen molar-refractivity contribution in [1.82, 2.24) is 0 Å². The maximum absolute atomic E-state index is 12.7. The first kappa shape index (κ1) is 19.0. The molecule has 2 unspecified atom stereocenters. The highest BCUT2D eigenvalue weighted by molar-refractivity contribution is 7.73. The van der Waals surface area contributed by atoms with E-state index in [0.29, 0.717) is 11.7 Å². The molecular formula is C21H21O3P2-. The first-order chi connectivity index (χ1) is 12.6. The fourth-order valence-corrected chi connectivity index (χ4v) is 7.50. The second-order valence-corrected chi connectivity index (χ2v) is 10.8. The van der Waals surface area contributed by atoms with Gasteiger partial charge in [0.1, 0.15) is 5.85 Å². The van der Waals surface area contributed by atoms with Crippen molar-refractivity contribution >= 4 is 25.9 Å². The van der Waals surface area contributed by atoms with E-state index in [4.69, 9.17) is 0 Å². The fourth-order valence-electron chi connectivity index (χ4n) is 2.84. The molecule has 2 atom stereocenters. The Kier molecular flexibility index (Phi) is 6.40. The Labute approximate surface area is 155 Å². The van der Waals surface area contributed by atoms with E-state index in [-0.39, 0.29) is 6.16 Å². The number of aliphatic hydroxyl groups is 1. The van der Waals surface area contributed by atoms with E-state index < -0.39 is 21.1 Å². The quantitative estimate of drug-likeness (QED) is 0.636. The first-order valence-electron chi connectivity index (χ1n) is 8.48. The van der Waals surface area contributed by atoms with Gasteiger partial charge in [0.15, 0.2) is 0 Å². The molecule has 0 radical (unpaired) electrons. The van der Waals surface area contributed by atoms with E-state index in [1.807, 2.05) is 60.7 Å². The van der Waals surface area contributed by atoms with Crippen LogP contribution in [0.2, 0.25) is 0 Å². The molecule has 0 saturated carbocycles. The molecule has 0 bridgehead atoms. The van der Waals surface area contributed by atoms with Crippen molar-refractivity contribution < 1.29 is 14.6 Å². The third-order valence-corrected chi connectivity index (χ3v) is 9.00. The molecule has 134 valence electrons. The molecule has 0 aliphatic heterocycles. The van der Waals surface area contributed by atoms with E-state index in [0.717, 1.165) is 10.6 Å². The Morgan fingerprint density at radius 2 is 1.23 bits per heavy atom. The van der Waals surface area contributed by atoms with Gasteiger partial charge in [-0.2, -0.15) is 0 Å². The van der Waals surface area contributed by atoms with Crippen molar-refractivity contribution in [2.75, 3.05) is 12.3 Å². The molecule has 0 fully saturated rings. The molecule has 0 amide bonds. The lowest BCUT2D eigenvalue weighted by atomic mass is 10.2. The zero-order valence-corrected chi connectivity index (χ0v) is 16.1. The Bertz CT molecular complexity index is 815. The van der Waals surface area contributed by atoms with Gasteiger partial charge in [0.2, 0.25) is 0 Å². The van der Waals surface area contributed by atoms with Crippen LogP contribution in [-0.2, 0) is 4.57 Å². The summed E-state index contributed by atoms with van der Waals surface area (Å²) in [6.07, 6.45) is 0.465. The van der Waals surface area contributed by atoms with Gasteiger partial charge < -0.3 is 14.6 Å². The maximum Gasteiger partial charge on any atom is 0.119 e. The summed E-state index contributed by atoms with van der Waals surface area (Å²) in [4.78, 5) is 12.7. The van der Waals surface area contributed by atoms with Crippen LogP contribution in [0.3, 0.4) is 0 Å². The van der Waals surface area contributed by atoms with Gasteiger partial charge in [-0.25, -0.2) is 0 Å². The lowest BCUT2D eigenvalue weighted by molar-refractivity contribution is -0.183. The van der Waals surface area contributed by atoms with E-state index in [9.17, 15) is 14.6 Å². The van der Waals surface area contributed by atoms with Crippen LogP contribution in [0.15, 0.2) is 91.0 Å². The predicted octanol–water partition coefficient (Wildman–Crippen LogP) is 3.45. The lowest BCUT2D eigenvalue weighted by Gasteiger charge is -2.31. The summed E-state index contributed by atoms with van der Waals surface area (Å²) >= 11 is 0. The van der Waals surface area contributed by atoms with Crippen molar-refractivity contribution in [3.63, 3.8) is 0 Å². The number of benzene rings is 3. The first-order valence-corrected chi connectivity index (χ1v) is 11.9. The average molecular weight is 383 g/mol. The summed E-state index contributed by atoms with van der Waals surface area (Å²) in [5, 5.41) is 12.6. The number of rotatable bonds is 7. The number of hydrogen-bond acceptors (Lipinski definition) is 3. The lowest BCUT2D eigenvalue weighted by Crippen LogP contribution is -2.20. The Hall–Kier alpha value is -1.76. The van der Waals surface area contributed by atoms with Crippen LogP contribution in [0, 0.1) is 0 Å². The van der Waals surface area contributed by atoms with Crippen molar-refractivity contribution in [3.8, 4) is 0 Å². The van der Waals surface area contributed by atoms with Gasteiger partial charge in [0.05, 0.1) is 0 Å². The zero-order valence-electron chi connectivity index (χ0n) is 14.3. The fraction of sp³-hybridized carbons (Fsp3) is 0.143.